The second-order valence-corrected chi connectivity index (χ2v) is 8.07. The average molecular weight is 378 g/mol. The van der Waals surface area contributed by atoms with Crippen LogP contribution in [0.15, 0.2) is 59.5 Å². The molecule has 140 valence electrons. The zero-order chi connectivity index (χ0) is 19.3. The summed E-state index contributed by atoms with van der Waals surface area (Å²) in [5.41, 5.74) is 1.52. The lowest BCUT2D eigenvalue weighted by molar-refractivity contribution is -0.134. The minimum absolute atomic E-state index is 0.0248. The lowest BCUT2D eigenvalue weighted by Gasteiger charge is -2.28. The van der Waals surface area contributed by atoms with Gasteiger partial charge in [0.25, 0.3) is 5.91 Å². The number of rotatable bonds is 7. The third-order valence-electron chi connectivity index (χ3n) is 3.88. The molecule has 0 heterocycles. The fourth-order valence-electron chi connectivity index (χ4n) is 2.57. The van der Waals surface area contributed by atoms with Crippen LogP contribution in [0.3, 0.4) is 0 Å². The Kier molecular flexibility index (Phi) is 6.36. The number of ether oxygens (including phenoxy) is 1. The number of para-hydroxylation sites is 1. The second kappa shape index (κ2) is 8.31. The molecule has 0 fully saturated rings. The van der Waals surface area contributed by atoms with Crippen LogP contribution in [0.2, 0.25) is 0 Å². The quantitative estimate of drug-likeness (QED) is 0.570. The van der Waals surface area contributed by atoms with E-state index in [0.717, 1.165) is 4.31 Å². The number of likely N-dealkylation sites (N-methyl/N-ethyl adjacent to an activating group) is 1. The van der Waals surface area contributed by atoms with Gasteiger partial charge in [-0.2, -0.15) is 4.31 Å². The highest BCUT2D eigenvalue weighted by Crippen LogP contribution is 2.25. The van der Waals surface area contributed by atoms with Crippen molar-refractivity contribution in [3.05, 3.63) is 54.6 Å². The minimum Gasteiger partial charge on any atom is -0.457 e. The second-order valence-electron chi connectivity index (χ2n) is 6.07. The highest BCUT2D eigenvalue weighted by molar-refractivity contribution is 7.89. The standard InChI is InChI=1S/C18H22N2O5S/c1-13(2)17(18(21)19-22)20(3)26(23,24)16-11-9-15(10-12-16)25-14-7-5-4-6-8-14/h4-13,17,22H,1-3H3,(H,19,21). The van der Waals surface area contributed by atoms with Gasteiger partial charge in [0.2, 0.25) is 10.0 Å². The summed E-state index contributed by atoms with van der Waals surface area (Å²) >= 11 is 0. The summed E-state index contributed by atoms with van der Waals surface area (Å²) in [6, 6.07) is 14.0. The van der Waals surface area contributed by atoms with Gasteiger partial charge < -0.3 is 4.74 Å². The summed E-state index contributed by atoms with van der Waals surface area (Å²) in [5, 5.41) is 8.88. The number of amides is 1. The first-order valence-corrected chi connectivity index (χ1v) is 9.46. The van der Waals surface area contributed by atoms with E-state index in [2.05, 4.69) is 0 Å². The first kappa shape index (κ1) is 19.9. The van der Waals surface area contributed by atoms with Crippen molar-refractivity contribution in [1.29, 1.82) is 0 Å². The van der Waals surface area contributed by atoms with Gasteiger partial charge in [0.15, 0.2) is 0 Å². The van der Waals surface area contributed by atoms with Crippen molar-refractivity contribution < 1.29 is 23.2 Å². The molecule has 8 heteroatoms. The Bertz CT molecular complexity index is 836. The van der Waals surface area contributed by atoms with Gasteiger partial charge in [-0.15, -0.1) is 0 Å². The Labute approximate surface area is 153 Å². The number of carbonyl (C=O) groups is 1. The van der Waals surface area contributed by atoms with Gasteiger partial charge in [0.1, 0.15) is 17.5 Å². The molecule has 2 N–H and O–H groups in total. The lowest BCUT2D eigenvalue weighted by atomic mass is 10.0. The van der Waals surface area contributed by atoms with Gasteiger partial charge >= 0.3 is 0 Å². The van der Waals surface area contributed by atoms with E-state index < -0.39 is 22.0 Å². The van der Waals surface area contributed by atoms with Crippen molar-refractivity contribution >= 4 is 15.9 Å². The van der Waals surface area contributed by atoms with Crippen molar-refractivity contribution in [2.24, 2.45) is 5.92 Å². The van der Waals surface area contributed by atoms with E-state index in [1.165, 1.54) is 24.7 Å². The van der Waals surface area contributed by atoms with Crippen LogP contribution in [-0.4, -0.2) is 36.9 Å². The third-order valence-corrected chi connectivity index (χ3v) is 5.73. The molecule has 26 heavy (non-hydrogen) atoms. The van der Waals surface area contributed by atoms with E-state index in [0.29, 0.717) is 11.5 Å². The van der Waals surface area contributed by atoms with E-state index in [4.69, 9.17) is 9.94 Å². The Morgan fingerprint density at radius 2 is 1.58 bits per heavy atom. The fraction of sp³-hybridized carbons (Fsp3) is 0.278. The number of hydrogen-bond acceptors (Lipinski definition) is 5. The fourth-order valence-corrected chi connectivity index (χ4v) is 4.02. The van der Waals surface area contributed by atoms with E-state index in [1.54, 1.807) is 38.1 Å². The molecule has 0 aliphatic heterocycles. The van der Waals surface area contributed by atoms with Crippen LogP contribution in [0.25, 0.3) is 0 Å². The molecule has 0 saturated carbocycles. The van der Waals surface area contributed by atoms with Crippen molar-refractivity contribution in [2.45, 2.75) is 24.8 Å². The molecule has 0 saturated heterocycles. The predicted molar refractivity (Wildman–Crippen MR) is 96.5 cm³/mol. The molecule has 0 aromatic heterocycles. The van der Waals surface area contributed by atoms with E-state index in [9.17, 15) is 13.2 Å². The van der Waals surface area contributed by atoms with Crippen LogP contribution in [0.1, 0.15) is 13.8 Å². The summed E-state index contributed by atoms with van der Waals surface area (Å²) in [5.74, 6) is 0.0174. The van der Waals surface area contributed by atoms with Crippen molar-refractivity contribution in [3.8, 4) is 11.5 Å². The van der Waals surface area contributed by atoms with Crippen molar-refractivity contribution in [1.82, 2.24) is 9.79 Å². The Morgan fingerprint density at radius 3 is 2.08 bits per heavy atom. The largest absolute Gasteiger partial charge is 0.457 e. The van der Waals surface area contributed by atoms with Crippen LogP contribution >= 0.6 is 0 Å². The number of hydroxylamine groups is 1. The summed E-state index contributed by atoms with van der Waals surface area (Å²) in [7, 11) is -2.61. The van der Waals surface area contributed by atoms with Gasteiger partial charge in [0.05, 0.1) is 4.90 Å². The topological polar surface area (TPSA) is 95.9 Å². The zero-order valence-corrected chi connectivity index (χ0v) is 15.6. The van der Waals surface area contributed by atoms with Crippen molar-refractivity contribution in [3.63, 3.8) is 0 Å². The molecule has 0 radical (unpaired) electrons. The number of hydrogen-bond donors (Lipinski definition) is 2. The molecule has 2 rings (SSSR count). The summed E-state index contributed by atoms with van der Waals surface area (Å²) < 4.78 is 32.2. The molecule has 7 nitrogen and oxygen atoms in total. The zero-order valence-electron chi connectivity index (χ0n) is 14.8. The van der Waals surface area contributed by atoms with E-state index >= 15 is 0 Å². The Morgan fingerprint density at radius 1 is 1.04 bits per heavy atom. The van der Waals surface area contributed by atoms with Crippen LogP contribution < -0.4 is 10.2 Å². The number of nitrogens with zero attached hydrogens (tertiary/aromatic N) is 1. The van der Waals surface area contributed by atoms with Gasteiger partial charge in [-0.05, 0) is 42.3 Å². The smallest absolute Gasteiger partial charge is 0.262 e. The first-order valence-electron chi connectivity index (χ1n) is 8.02. The summed E-state index contributed by atoms with van der Waals surface area (Å²) in [4.78, 5) is 11.9. The molecule has 1 atom stereocenters. The molecule has 2 aromatic rings. The van der Waals surface area contributed by atoms with E-state index in [1.807, 2.05) is 18.2 Å². The molecular weight excluding hydrogens is 356 g/mol. The molecule has 2 aromatic carbocycles. The Hall–Kier alpha value is -2.42. The van der Waals surface area contributed by atoms with Crippen LogP contribution in [0.5, 0.6) is 11.5 Å². The lowest BCUT2D eigenvalue weighted by Crippen LogP contribution is -2.49. The maximum Gasteiger partial charge on any atom is 0.262 e. The molecule has 1 amide bonds. The maximum absolute atomic E-state index is 12.8. The molecule has 0 bridgehead atoms. The predicted octanol–water partition coefficient (Wildman–Crippen LogP) is 2.63. The molecule has 0 aliphatic carbocycles. The van der Waals surface area contributed by atoms with Gasteiger partial charge in [-0.3, -0.25) is 10.0 Å². The molecule has 1 unspecified atom stereocenters. The van der Waals surface area contributed by atoms with Crippen LogP contribution in [0.4, 0.5) is 0 Å². The highest BCUT2D eigenvalue weighted by Gasteiger charge is 2.34. The SMILES string of the molecule is CC(C)C(C(=O)NO)N(C)S(=O)(=O)c1ccc(Oc2ccccc2)cc1. The molecule has 0 spiro atoms. The number of benzene rings is 2. The number of carbonyl (C=O) groups excluding carboxylic acids is 1. The van der Waals surface area contributed by atoms with E-state index in [-0.39, 0.29) is 10.8 Å². The minimum atomic E-state index is -3.92. The normalized spacial score (nSPS) is 12.8. The van der Waals surface area contributed by atoms with Crippen LogP contribution in [-0.2, 0) is 14.8 Å². The maximum atomic E-state index is 12.8. The summed E-state index contributed by atoms with van der Waals surface area (Å²) in [6.07, 6.45) is 0. The van der Waals surface area contributed by atoms with Gasteiger partial charge in [-0.25, -0.2) is 13.9 Å². The Balaban J connectivity index is 2.24. The number of sulfonamides is 1. The summed E-state index contributed by atoms with van der Waals surface area (Å²) in [6.45, 7) is 3.39. The average Bonchev–Trinajstić information content (AvgIpc) is 2.62. The molecule has 0 aliphatic rings. The third kappa shape index (κ3) is 4.40. The number of nitrogens with one attached hydrogen (secondary N) is 1. The van der Waals surface area contributed by atoms with Crippen molar-refractivity contribution in [2.75, 3.05) is 7.05 Å². The highest BCUT2D eigenvalue weighted by atomic mass is 32.2. The monoisotopic (exact) mass is 378 g/mol. The van der Waals surface area contributed by atoms with Crippen LogP contribution in [0, 0.1) is 5.92 Å². The first-order chi connectivity index (χ1) is 12.3. The molecular formula is C18H22N2O5S. The van der Waals surface area contributed by atoms with Gasteiger partial charge in [-0.1, -0.05) is 32.0 Å². The van der Waals surface area contributed by atoms with Gasteiger partial charge in [0, 0.05) is 7.05 Å².